The van der Waals surface area contributed by atoms with E-state index in [9.17, 15) is 38.3 Å². The molecular weight excluding hydrogens is 722 g/mol. The number of hydrogen-bond donors (Lipinski definition) is 3. The number of halogens is 3. The number of benzene rings is 1. The molecule has 3 amide bonds. The van der Waals surface area contributed by atoms with Crippen LogP contribution in [0.5, 0.6) is 0 Å². The molecule has 4 N–H and O–H groups in total. The van der Waals surface area contributed by atoms with E-state index in [-0.39, 0.29) is 39.9 Å². The molecule has 50 heavy (non-hydrogen) atoms. The summed E-state index contributed by atoms with van der Waals surface area (Å²) in [5.41, 5.74) is 3.40. The Labute approximate surface area is 296 Å². The predicted molar refractivity (Wildman–Crippen MR) is 182 cm³/mol. The summed E-state index contributed by atoms with van der Waals surface area (Å²) in [6.45, 7) is 1.70. The number of carboxylic acid groups (broad SMARTS) is 1. The summed E-state index contributed by atoms with van der Waals surface area (Å²) in [4.78, 5) is 80.6. The van der Waals surface area contributed by atoms with Crippen LogP contribution in [-0.2, 0) is 23.9 Å². The number of aliphatic carboxylic acids is 1. The van der Waals surface area contributed by atoms with Gasteiger partial charge in [-0.15, -0.1) is 23.5 Å². The molecular formula is C31H31ClF2N6O8S2. The molecule has 3 aliphatic heterocycles. The first-order valence-electron chi connectivity index (χ1n) is 15.4. The molecule has 2 unspecified atom stereocenters. The Kier molecular flexibility index (Phi) is 10.2. The Balaban J connectivity index is 1.29. The molecule has 2 aromatic rings. The van der Waals surface area contributed by atoms with Crippen molar-refractivity contribution in [3.8, 4) is 0 Å². The van der Waals surface area contributed by atoms with Crippen molar-refractivity contribution < 1.29 is 42.6 Å². The van der Waals surface area contributed by atoms with E-state index in [1.807, 2.05) is 11.9 Å². The van der Waals surface area contributed by atoms with Crippen LogP contribution in [-0.4, -0.2) is 105 Å². The lowest BCUT2D eigenvalue weighted by atomic mass is 10.1. The third-order valence-corrected chi connectivity index (χ3v) is 11.2. The Morgan fingerprint density at radius 3 is 2.52 bits per heavy atom. The topological polar surface area (TPSA) is 185 Å². The fourth-order valence-electron chi connectivity index (χ4n) is 5.98. The normalized spacial score (nSPS) is 21.2. The minimum absolute atomic E-state index is 0.00433. The standard InChI is InChI=1S/C31H31ClF2N6O8S2/c1-37-4-6-38(7-5-37)26-18(33)8-15-24(23(26)32)39(14-2-3-14)10-16(27(15)43)31(47)48-11-17-25(30(45)46)40-21(42)9-22(40)50-29(17)36-20(41)13-49-12-19(34)28(35)44/h8,10,12,14,22,29H,2-7,9,11,13H2,1H3,(H2,35,44)(H,36,41)(H,45,46). The number of carboxylic acids is 1. The minimum Gasteiger partial charge on any atom is -0.477 e. The summed E-state index contributed by atoms with van der Waals surface area (Å²) in [5, 5.41) is 11.6. The number of pyridine rings is 1. The second-order valence-electron chi connectivity index (χ2n) is 12.1. The second kappa shape index (κ2) is 14.2. The lowest BCUT2D eigenvalue weighted by Gasteiger charge is -2.46. The molecule has 0 bridgehead atoms. The van der Waals surface area contributed by atoms with E-state index < -0.39 is 75.3 Å². The highest BCUT2D eigenvalue weighted by Gasteiger charge is 2.49. The number of anilines is 1. The lowest BCUT2D eigenvalue weighted by molar-refractivity contribution is -0.146. The molecule has 2 atom stereocenters. The molecule has 0 radical (unpaired) electrons. The molecule has 3 fully saturated rings. The van der Waals surface area contributed by atoms with Gasteiger partial charge in [0.15, 0.2) is 5.83 Å². The van der Waals surface area contributed by atoms with Gasteiger partial charge in [0.05, 0.1) is 39.2 Å². The quantitative estimate of drug-likeness (QED) is 0.173. The summed E-state index contributed by atoms with van der Waals surface area (Å²) < 4.78 is 36.3. The van der Waals surface area contributed by atoms with E-state index in [0.29, 0.717) is 43.5 Å². The highest BCUT2D eigenvalue weighted by molar-refractivity contribution is 8.02. The van der Waals surface area contributed by atoms with Crippen molar-refractivity contribution in [1.82, 2.24) is 19.7 Å². The molecule has 6 rings (SSSR count). The summed E-state index contributed by atoms with van der Waals surface area (Å²) in [7, 11) is 1.96. The second-order valence-corrected chi connectivity index (χ2v) is 14.6. The number of β-lactam (4-membered cyclic amide) rings is 1. The minimum atomic E-state index is -1.52. The number of esters is 1. The summed E-state index contributed by atoms with van der Waals surface area (Å²) in [6.07, 6.45) is 2.77. The SMILES string of the molecule is CN1CCN(c2c(F)cc3c(=O)c(C(=O)OCC4=C(C(=O)O)N5C(=O)CC5SC4NC(=O)CSC=C(F)C(N)=O)cn(C4CC4)c3c2Cl)CC1. The van der Waals surface area contributed by atoms with E-state index in [4.69, 9.17) is 22.1 Å². The van der Waals surface area contributed by atoms with Gasteiger partial charge >= 0.3 is 11.9 Å². The number of thioether (sulfide) groups is 2. The van der Waals surface area contributed by atoms with E-state index in [2.05, 4.69) is 10.2 Å². The smallest absolute Gasteiger partial charge is 0.352 e. The third-order valence-electron chi connectivity index (χ3n) is 8.71. The summed E-state index contributed by atoms with van der Waals surface area (Å²) >= 11 is 8.48. The number of rotatable bonds is 11. The van der Waals surface area contributed by atoms with Crippen molar-refractivity contribution in [1.29, 1.82) is 0 Å². The number of carbonyl (C=O) groups is 5. The maximum atomic E-state index is 15.7. The van der Waals surface area contributed by atoms with Crippen LogP contribution in [0.25, 0.3) is 10.9 Å². The fraction of sp³-hybridized carbons (Fsp3) is 0.419. The molecule has 0 spiro atoms. The molecule has 4 heterocycles. The van der Waals surface area contributed by atoms with Crippen molar-refractivity contribution in [2.45, 2.75) is 36.1 Å². The number of aromatic nitrogens is 1. The Bertz CT molecular complexity index is 1950. The average molecular weight is 753 g/mol. The predicted octanol–water partition coefficient (Wildman–Crippen LogP) is 2.15. The zero-order chi connectivity index (χ0) is 36.0. The number of piperazine rings is 1. The molecule has 4 aliphatic rings. The highest BCUT2D eigenvalue weighted by atomic mass is 35.5. The maximum absolute atomic E-state index is 15.7. The van der Waals surface area contributed by atoms with Crippen molar-refractivity contribution >= 4 is 81.4 Å². The zero-order valence-electron chi connectivity index (χ0n) is 26.4. The van der Waals surface area contributed by atoms with Crippen molar-refractivity contribution in [2.75, 3.05) is 50.5 Å². The lowest BCUT2D eigenvalue weighted by Crippen LogP contribution is -2.57. The number of nitrogens with zero attached hydrogens (tertiary/aromatic N) is 4. The molecule has 19 heteroatoms. The van der Waals surface area contributed by atoms with E-state index >= 15 is 4.39 Å². The molecule has 1 aromatic carbocycles. The summed E-state index contributed by atoms with van der Waals surface area (Å²) in [5.74, 6) is -7.50. The number of nitrogens with one attached hydrogen (secondary N) is 1. The van der Waals surface area contributed by atoms with Gasteiger partial charge in [0.1, 0.15) is 29.1 Å². The first-order valence-corrected chi connectivity index (χ1v) is 17.8. The van der Waals surface area contributed by atoms with Gasteiger partial charge in [-0.05, 0) is 26.0 Å². The van der Waals surface area contributed by atoms with Gasteiger partial charge in [0.25, 0.3) is 5.91 Å². The third kappa shape index (κ3) is 6.93. The Morgan fingerprint density at radius 1 is 1.20 bits per heavy atom. The first-order chi connectivity index (χ1) is 23.8. The zero-order valence-corrected chi connectivity index (χ0v) is 28.8. The molecule has 14 nitrogen and oxygen atoms in total. The van der Waals surface area contributed by atoms with Crippen molar-refractivity contribution in [3.05, 3.63) is 61.4 Å². The van der Waals surface area contributed by atoms with Crippen LogP contribution in [0.15, 0.2) is 39.6 Å². The summed E-state index contributed by atoms with van der Waals surface area (Å²) in [6, 6.07) is 0.960. The average Bonchev–Trinajstić information content (AvgIpc) is 3.90. The van der Waals surface area contributed by atoms with Gasteiger partial charge in [-0.1, -0.05) is 11.6 Å². The van der Waals surface area contributed by atoms with Crippen molar-refractivity contribution in [3.63, 3.8) is 0 Å². The van der Waals surface area contributed by atoms with Gasteiger partial charge in [-0.3, -0.25) is 24.1 Å². The number of ether oxygens (including phenoxy) is 1. The Hall–Kier alpha value is -4.13. The number of likely N-dealkylation sites (N-methyl/N-ethyl adjacent to an activating group) is 1. The van der Waals surface area contributed by atoms with E-state index in [0.717, 1.165) is 41.0 Å². The maximum Gasteiger partial charge on any atom is 0.352 e. The van der Waals surface area contributed by atoms with Gasteiger partial charge in [-0.2, -0.15) is 0 Å². The largest absolute Gasteiger partial charge is 0.477 e. The number of fused-ring (bicyclic) bond motifs is 2. The van der Waals surface area contributed by atoms with Crippen LogP contribution in [0.4, 0.5) is 14.5 Å². The van der Waals surface area contributed by atoms with Crippen LogP contribution < -0.4 is 21.4 Å². The van der Waals surface area contributed by atoms with Crippen LogP contribution in [0.3, 0.4) is 0 Å². The first kappa shape index (κ1) is 35.7. The van der Waals surface area contributed by atoms with E-state index in [1.165, 1.54) is 6.20 Å². The van der Waals surface area contributed by atoms with E-state index in [1.54, 1.807) is 4.57 Å². The number of amides is 3. The number of nitrogens with two attached hydrogens (primary N) is 1. The molecule has 1 aromatic heterocycles. The van der Waals surface area contributed by atoms with Crippen LogP contribution in [0, 0.1) is 5.82 Å². The van der Waals surface area contributed by atoms with Gasteiger partial charge in [0, 0.05) is 49.4 Å². The fourth-order valence-corrected chi connectivity index (χ4v) is 8.41. The van der Waals surface area contributed by atoms with Gasteiger partial charge in [-0.25, -0.2) is 18.4 Å². The van der Waals surface area contributed by atoms with Crippen LogP contribution in [0.1, 0.15) is 35.7 Å². The number of primary amides is 1. The molecule has 1 aliphatic carbocycles. The van der Waals surface area contributed by atoms with Crippen molar-refractivity contribution in [2.24, 2.45) is 5.73 Å². The Morgan fingerprint density at radius 2 is 1.90 bits per heavy atom. The van der Waals surface area contributed by atoms with Gasteiger partial charge in [0.2, 0.25) is 17.2 Å². The monoisotopic (exact) mass is 752 g/mol. The number of carbonyl (C=O) groups excluding carboxylic acids is 4. The van der Waals surface area contributed by atoms with Crippen LogP contribution in [0.2, 0.25) is 5.02 Å². The van der Waals surface area contributed by atoms with Crippen LogP contribution >= 0.6 is 35.1 Å². The highest BCUT2D eigenvalue weighted by Crippen LogP contribution is 2.44. The molecule has 1 saturated carbocycles. The molecule has 2 saturated heterocycles. The molecule has 266 valence electrons. The van der Waals surface area contributed by atoms with Gasteiger partial charge < -0.3 is 35.3 Å². The number of hydrogen-bond acceptors (Lipinski definition) is 11.